The number of fused-ring (bicyclic) bond motifs is 5. The van der Waals surface area contributed by atoms with E-state index in [1.54, 1.807) is 0 Å². The molecular formula is C25H27NOS. The summed E-state index contributed by atoms with van der Waals surface area (Å²) in [5.41, 5.74) is 7.74. The number of aliphatic hydroxyl groups excluding tert-OH is 1. The highest BCUT2D eigenvalue weighted by molar-refractivity contribution is 7.23. The normalized spacial score (nSPS) is 15.4. The van der Waals surface area contributed by atoms with Crippen LogP contribution in [0, 0.1) is 0 Å². The molecule has 1 aliphatic carbocycles. The van der Waals surface area contributed by atoms with Crippen LogP contribution >= 0.6 is 11.3 Å². The molecular weight excluding hydrogens is 362 g/mol. The fraction of sp³-hybridized carbons (Fsp3) is 0.280. The first-order chi connectivity index (χ1) is 13.8. The lowest BCUT2D eigenvalue weighted by Crippen LogP contribution is -2.23. The lowest BCUT2D eigenvalue weighted by Gasteiger charge is -2.30. The number of nitrogens with zero attached hydrogens (tertiary/aromatic N) is 1. The third-order valence-corrected chi connectivity index (χ3v) is 6.74. The Hall–Kier alpha value is -2.36. The minimum Gasteiger partial charge on any atom is -0.395 e. The van der Waals surface area contributed by atoms with E-state index in [9.17, 15) is 5.11 Å². The molecule has 28 heavy (non-hydrogen) atoms. The van der Waals surface area contributed by atoms with Gasteiger partial charge in [-0.2, -0.15) is 0 Å². The number of thiophene rings is 1. The van der Waals surface area contributed by atoms with Gasteiger partial charge >= 0.3 is 0 Å². The third-order valence-electron chi connectivity index (χ3n) is 5.55. The molecule has 2 nitrogen and oxygen atoms in total. The molecule has 1 N–H and O–H groups in total. The Balaban J connectivity index is 0.000000932. The average molecular weight is 390 g/mol. The van der Waals surface area contributed by atoms with Crippen molar-refractivity contribution >= 4 is 43.3 Å². The van der Waals surface area contributed by atoms with E-state index >= 15 is 0 Å². The summed E-state index contributed by atoms with van der Waals surface area (Å²) in [7, 11) is 0. The van der Waals surface area contributed by atoms with Crippen molar-refractivity contribution in [2.24, 2.45) is 0 Å². The first kappa shape index (κ1) is 19.0. The molecule has 5 rings (SSSR count). The maximum Gasteiger partial charge on any atom is 0.104 e. The summed E-state index contributed by atoms with van der Waals surface area (Å²) in [6, 6.07) is 17.2. The smallest absolute Gasteiger partial charge is 0.104 e. The van der Waals surface area contributed by atoms with E-state index < -0.39 is 0 Å². The van der Waals surface area contributed by atoms with Crippen molar-refractivity contribution in [2.75, 3.05) is 18.1 Å². The summed E-state index contributed by atoms with van der Waals surface area (Å²) in [4.78, 5) is 2.29. The zero-order valence-corrected chi connectivity index (χ0v) is 17.5. The number of hydrogen-bond donors (Lipinski definition) is 1. The van der Waals surface area contributed by atoms with Crippen molar-refractivity contribution in [3.8, 4) is 0 Å². The number of hydrogen-bond acceptors (Lipinski definition) is 3. The van der Waals surface area contributed by atoms with Crippen molar-refractivity contribution in [3.63, 3.8) is 0 Å². The highest BCUT2D eigenvalue weighted by Gasteiger charge is 2.30. The zero-order valence-electron chi connectivity index (χ0n) is 16.7. The van der Waals surface area contributed by atoms with Gasteiger partial charge in [-0.25, -0.2) is 0 Å². The molecule has 2 aromatic carbocycles. The fourth-order valence-electron chi connectivity index (χ4n) is 4.43. The number of benzene rings is 2. The van der Waals surface area contributed by atoms with Crippen LogP contribution in [0.4, 0.5) is 10.7 Å². The van der Waals surface area contributed by atoms with Crippen LogP contribution in [0.2, 0.25) is 0 Å². The predicted octanol–water partition coefficient (Wildman–Crippen LogP) is 7.02. The minimum atomic E-state index is 0.125. The van der Waals surface area contributed by atoms with Gasteiger partial charge in [-0.3, -0.25) is 0 Å². The number of allylic oxidation sites excluding steroid dienone is 3. The molecule has 0 saturated heterocycles. The summed E-state index contributed by atoms with van der Waals surface area (Å²) in [6.45, 7) is 9.20. The molecule has 0 fully saturated rings. The second kappa shape index (κ2) is 7.94. The van der Waals surface area contributed by atoms with Gasteiger partial charge in [0.2, 0.25) is 0 Å². The van der Waals surface area contributed by atoms with Crippen molar-refractivity contribution in [2.45, 2.75) is 33.1 Å². The van der Waals surface area contributed by atoms with Gasteiger partial charge in [0.05, 0.1) is 6.61 Å². The van der Waals surface area contributed by atoms with E-state index in [0.717, 1.165) is 24.1 Å². The summed E-state index contributed by atoms with van der Waals surface area (Å²) >= 11 is 1.84. The van der Waals surface area contributed by atoms with Gasteiger partial charge in [-0.1, -0.05) is 56.8 Å². The van der Waals surface area contributed by atoms with Gasteiger partial charge in [0.1, 0.15) is 5.00 Å². The summed E-state index contributed by atoms with van der Waals surface area (Å²) in [6.07, 6.45) is 3.40. The standard InChI is InChI=1S/C23H21NOS.C2H6/c1-15-16-9-6-10-18(16)22-19-8-3-5-12-21(19)26-23(22)24(13-14-25)20-11-4-2-7-17(15)20;1-2/h2-5,7-8,11-12,25H,1,6,9-10,13-14H2;1-2H3. The molecule has 0 atom stereocenters. The molecule has 1 aromatic heterocycles. The van der Waals surface area contributed by atoms with Crippen LogP contribution in [-0.2, 0) is 0 Å². The second-order valence-corrected chi connectivity index (χ2v) is 7.99. The largest absolute Gasteiger partial charge is 0.395 e. The quantitative estimate of drug-likeness (QED) is 0.509. The molecule has 144 valence electrons. The number of aliphatic hydroxyl groups is 1. The Morgan fingerprint density at radius 3 is 2.54 bits per heavy atom. The molecule has 3 heteroatoms. The Kier molecular flexibility index (Phi) is 5.38. The Bertz CT molecular complexity index is 1060. The summed E-state index contributed by atoms with van der Waals surface area (Å²) in [5, 5.41) is 12.4. The van der Waals surface area contributed by atoms with Gasteiger partial charge in [-0.05, 0) is 48.1 Å². The molecule has 2 heterocycles. The molecule has 3 aromatic rings. The van der Waals surface area contributed by atoms with Gasteiger partial charge < -0.3 is 10.0 Å². The van der Waals surface area contributed by atoms with Crippen molar-refractivity contribution in [1.82, 2.24) is 0 Å². The topological polar surface area (TPSA) is 23.5 Å². The molecule has 0 radical (unpaired) electrons. The highest BCUT2D eigenvalue weighted by atomic mass is 32.1. The predicted molar refractivity (Wildman–Crippen MR) is 124 cm³/mol. The maximum absolute atomic E-state index is 9.79. The Morgan fingerprint density at radius 1 is 1.00 bits per heavy atom. The average Bonchev–Trinajstić information content (AvgIpc) is 3.36. The Labute approximate surface area is 171 Å². The van der Waals surface area contributed by atoms with Crippen LogP contribution in [-0.4, -0.2) is 18.3 Å². The van der Waals surface area contributed by atoms with Gasteiger partial charge in [0, 0.05) is 33.4 Å². The van der Waals surface area contributed by atoms with Crippen molar-refractivity contribution in [1.29, 1.82) is 0 Å². The Morgan fingerprint density at radius 2 is 1.71 bits per heavy atom. The zero-order chi connectivity index (χ0) is 19.7. The minimum absolute atomic E-state index is 0.125. The molecule has 0 spiro atoms. The van der Waals surface area contributed by atoms with Crippen LogP contribution in [0.3, 0.4) is 0 Å². The first-order valence-corrected chi connectivity index (χ1v) is 11.0. The number of β-amino-alcohol motifs (C(OH)–C–C–N with tert-alkyl or cyclic N) is 1. The van der Waals surface area contributed by atoms with E-state index in [4.69, 9.17) is 0 Å². The molecule has 2 aliphatic rings. The SMILES string of the molecule is C=C1C2=C(CCC2)c2c(sc3ccccc23)N(CCO)c2ccccc21.CC. The molecule has 0 saturated carbocycles. The van der Waals surface area contributed by atoms with Crippen LogP contribution in [0.15, 0.2) is 60.7 Å². The van der Waals surface area contributed by atoms with Crippen LogP contribution < -0.4 is 4.90 Å². The van der Waals surface area contributed by atoms with Crippen LogP contribution in [0.25, 0.3) is 21.2 Å². The van der Waals surface area contributed by atoms with Gasteiger partial charge in [0.25, 0.3) is 0 Å². The summed E-state index contributed by atoms with van der Waals surface area (Å²) in [5.74, 6) is 0. The monoisotopic (exact) mass is 389 g/mol. The van der Waals surface area contributed by atoms with E-state index in [2.05, 4.69) is 60.0 Å². The number of para-hydroxylation sites is 1. The van der Waals surface area contributed by atoms with Crippen molar-refractivity contribution < 1.29 is 5.11 Å². The number of anilines is 2. The van der Waals surface area contributed by atoms with Crippen molar-refractivity contribution in [3.05, 3.63) is 71.8 Å². The third kappa shape index (κ3) is 2.90. The number of rotatable bonds is 2. The molecule has 0 unspecified atom stereocenters. The molecule has 0 bridgehead atoms. The van der Waals surface area contributed by atoms with E-state index in [1.807, 2.05) is 25.2 Å². The lowest BCUT2D eigenvalue weighted by molar-refractivity contribution is 0.306. The van der Waals surface area contributed by atoms with E-state index in [-0.39, 0.29) is 6.61 Å². The van der Waals surface area contributed by atoms with Gasteiger partial charge in [-0.15, -0.1) is 11.3 Å². The second-order valence-electron chi connectivity index (χ2n) is 6.96. The van der Waals surface area contributed by atoms with Crippen LogP contribution in [0.5, 0.6) is 0 Å². The lowest BCUT2D eigenvalue weighted by atomic mass is 9.90. The first-order valence-electron chi connectivity index (χ1n) is 10.2. The maximum atomic E-state index is 9.79. The molecule has 1 aliphatic heterocycles. The van der Waals surface area contributed by atoms with E-state index in [1.165, 1.54) is 43.8 Å². The van der Waals surface area contributed by atoms with Gasteiger partial charge in [0.15, 0.2) is 0 Å². The fourth-order valence-corrected chi connectivity index (χ4v) is 5.70. The van der Waals surface area contributed by atoms with Crippen LogP contribution in [0.1, 0.15) is 44.2 Å². The highest BCUT2D eigenvalue weighted by Crippen LogP contribution is 2.53. The van der Waals surface area contributed by atoms with E-state index in [0.29, 0.717) is 6.54 Å². The summed E-state index contributed by atoms with van der Waals surface area (Å²) < 4.78 is 1.31. The molecule has 0 amide bonds.